The van der Waals surface area contributed by atoms with Gasteiger partial charge >= 0.3 is 6.03 Å². The average Bonchev–Trinajstić information content (AvgIpc) is 2.87. The number of hydrogen-bond acceptors (Lipinski definition) is 5. The molecule has 0 saturated carbocycles. The third kappa shape index (κ3) is 5.37. The van der Waals surface area contributed by atoms with Crippen LogP contribution in [-0.2, 0) is 22.6 Å². The highest BCUT2D eigenvalue weighted by Gasteiger charge is 2.36. The molecule has 3 aromatic rings. The normalized spacial score (nSPS) is 14.7. The molecular formula is C27H22Cl2N2O5. The Labute approximate surface area is 218 Å². The number of amides is 4. The molecule has 0 aromatic heterocycles. The van der Waals surface area contributed by atoms with Gasteiger partial charge in [-0.25, -0.2) is 9.69 Å². The molecule has 0 atom stereocenters. The number of halogens is 2. The van der Waals surface area contributed by atoms with Crippen LogP contribution in [0.4, 0.5) is 10.5 Å². The van der Waals surface area contributed by atoms with Gasteiger partial charge in [-0.05, 0) is 65.6 Å². The second-order valence-corrected chi connectivity index (χ2v) is 8.77. The first-order chi connectivity index (χ1) is 17.3. The fraction of sp³-hybridized carbons (Fsp3) is 0.148. The van der Waals surface area contributed by atoms with Crippen molar-refractivity contribution >= 4 is 52.8 Å². The first kappa shape index (κ1) is 25.3. The number of aryl methyl sites for hydroxylation is 1. The zero-order chi connectivity index (χ0) is 25.8. The van der Waals surface area contributed by atoms with Crippen molar-refractivity contribution < 1.29 is 23.9 Å². The number of imide groups is 2. The van der Waals surface area contributed by atoms with Crippen LogP contribution in [0.15, 0.2) is 66.2 Å². The molecule has 184 valence electrons. The molecule has 0 aliphatic carbocycles. The second kappa shape index (κ2) is 10.8. The maximum atomic E-state index is 13.2. The van der Waals surface area contributed by atoms with E-state index in [4.69, 9.17) is 32.7 Å². The minimum absolute atomic E-state index is 0.220. The summed E-state index contributed by atoms with van der Waals surface area (Å²) in [4.78, 5) is 39.1. The van der Waals surface area contributed by atoms with Gasteiger partial charge in [-0.1, -0.05) is 54.4 Å². The molecule has 0 radical (unpaired) electrons. The number of nitrogens with one attached hydrogen (secondary N) is 1. The average molecular weight is 525 g/mol. The van der Waals surface area contributed by atoms with E-state index in [0.29, 0.717) is 27.8 Å². The highest BCUT2D eigenvalue weighted by atomic mass is 35.5. The molecular weight excluding hydrogens is 503 g/mol. The number of rotatable bonds is 7. The third-order valence-corrected chi connectivity index (χ3v) is 6.10. The van der Waals surface area contributed by atoms with Gasteiger partial charge in [-0.15, -0.1) is 0 Å². The van der Waals surface area contributed by atoms with Crippen LogP contribution in [0.5, 0.6) is 11.5 Å². The molecule has 36 heavy (non-hydrogen) atoms. The zero-order valence-corrected chi connectivity index (χ0v) is 21.0. The van der Waals surface area contributed by atoms with Crippen LogP contribution in [0.3, 0.4) is 0 Å². The molecule has 1 heterocycles. The van der Waals surface area contributed by atoms with Gasteiger partial charge < -0.3 is 9.47 Å². The molecule has 3 aromatic carbocycles. The smallest absolute Gasteiger partial charge is 0.335 e. The highest BCUT2D eigenvalue weighted by molar-refractivity contribution is 6.39. The number of barbiturate groups is 1. The van der Waals surface area contributed by atoms with Crippen molar-refractivity contribution in [2.45, 2.75) is 20.0 Å². The van der Waals surface area contributed by atoms with E-state index in [9.17, 15) is 14.4 Å². The Kier molecular flexibility index (Phi) is 7.62. The van der Waals surface area contributed by atoms with E-state index < -0.39 is 17.8 Å². The summed E-state index contributed by atoms with van der Waals surface area (Å²) in [7, 11) is 1.45. The first-order valence-electron chi connectivity index (χ1n) is 11.1. The van der Waals surface area contributed by atoms with E-state index in [-0.39, 0.29) is 17.2 Å². The second-order valence-electron chi connectivity index (χ2n) is 7.93. The van der Waals surface area contributed by atoms with Crippen molar-refractivity contribution in [2.24, 2.45) is 0 Å². The Balaban J connectivity index is 1.62. The number of carbonyl (C=O) groups is 3. The number of ether oxygens (including phenoxy) is 2. The molecule has 1 N–H and O–H groups in total. The predicted molar refractivity (Wildman–Crippen MR) is 139 cm³/mol. The lowest BCUT2D eigenvalue weighted by molar-refractivity contribution is -0.122. The number of benzene rings is 3. The maximum absolute atomic E-state index is 13.2. The van der Waals surface area contributed by atoms with Gasteiger partial charge in [-0.3, -0.25) is 14.9 Å². The summed E-state index contributed by atoms with van der Waals surface area (Å²) in [5.41, 5.74) is 2.49. The summed E-state index contributed by atoms with van der Waals surface area (Å²) in [6.45, 7) is 2.23. The van der Waals surface area contributed by atoms with Crippen molar-refractivity contribution in [1.82, 2.24) is 5.32 Å². The Morgan fingerprint density at radius 3 is 2.25 bits per heavy atom. The van der Waals surface area contributed by atoms with E-state index in [1.165, 1.54) is 13.2 Å². The lowest BCUT2D eigenvalue weighted by Crippen LogP contribution is -2.54. The summed E-state index contributed by atoms with van der Waals surface area (Å²) < 4.78 is 11.3. The quantitative estimate of drug-likeness (QED) is 0.311. The largest absolute Gasteiger partial charge is 0.493 e. The van der Waals surface area contributed by atoms with Crippen LogP contribution in [0.2, 0.25) is 10.0 Å². The van der Waals surface area contributed by atoms with Crippen molar-refractivity contribution in [3.63, 3.8) is 0 Å². The summed E-state index contributed by atoms with van der Waals surface area (Å²) in [6.07, 6.45) is 2.17. The molecule has 1 aliphatic heterocycles. The molecule has 7 nitrogen and oxygen atoms in total. The summed E-state index contributed by atoms with van der Waals surface area (Å²) in [5.74, 6) is -0.922. The van der Waals surface area contributed by atoms with Gasteiger partial charge in [0.05, 0.1) is 17.8 Å². The van der Waals surface area contributed by atoms with E-state index in [1.807, 2.05) is 31.2 Å². The van der Waals surface area contributed by atoms with Gasteiger partial charge in [0.15, 0.2) is 11.5 Å². The lowest BCUT2D eigenvalue weighted by Gasteiger charge is -2.26. The number of hydrogen-bond donors (Lipinski definition) is 1. The Bertz CT molecular complexity index is 1350. The highest BCUT2D eigenvalue weighted by Crippen LogP contribution is 2.38. The number of nitrogens with zero attached hydrogens (tertiary/aromatic N) is 1. The first-order valence-corrected chi connectivity index (χ1v) is 11.8. The molecule has 0 spiro atoms. The van der Waals surface area contributed by atoms with Crippen LogP contribution >= 0.6 is 23.2 Å². The number of carbonyl (C=O) groups excluding carboxylic acids is 3. The maximum Gasteiger partial charge on any atom is 0.335 e. The molecule has 1 saturated heterocycles. The van der Waals surface area contributed by atoms with E-state index >= 15 is 0 Å². The monoisotopic (exact) mass is 524 g/mol. The summed E-state index contributed by atoms with van der Waals surface area (Å²) in [5, 5.41) is 3.06. The number of anilines is 1. The van der Waals surface area contributed by atoms with Crippen molar-refractivity contribution in [2.75, 3.05) is 12.0 Å². The minimum Gasteiger partial charge on any atom is -0.493 e. The predicted octanol–water partition coefficient (Wildman–Crippen LogP) is 5.81. The fourth-order valence-electron chi connectivity index (χ4n) is 3.64. The SMILES string of the molecule is CCc1ccc(N2C(=O)NC(=O)/C(=C/c3cc(Cl)c(OCc4ccc(Cl)cc4)c(OC)c3)C2=O)cc1. The van der Waals surface area contributed by atoms with Crippen LogP contribution in [0.1, 0.15) is 23.6 Å². The van der Waals surface area contributed by atoms with E-state index in [2.05, 4.69) is 5.32 Å². The van der Waals surface area contributed by atoms with E-state index in [1.54, 1.807) is 36.4 Å². The molecule has 4 rings (SSSR count). The Hall–Kier alpha value is -3.81. The molecule has 0 unspecified atom stereocenters. The lowest BCUT2D eigenvalue weighted by atomic mass is 10.1. The topological polar surface area (TPSA) is 84.9 Å². The van der Waals surface area contributed by atoms with Crippen LogP contribution in [-0.4, -0.2) is 25.0 Å². The molecule has 9 heteroatoms. The van der Waals surface area contributed by atoms with Gasteiger partial charge in [0.25, 0.3) is 11.8 Å². The van der Waals surface area contributed by atoms with Crippen molar-refractivity contribution in [3.05, 3.63) is 93.0 Å². The minimum atomic E-state index is -0.812. The third-order valence-electron chi connectivity index (χ3n) is 5.56. The zero-order valence-electron chi connectivity index (χ0n) is 19.5. The van der Waals surface area contributed by atoms with Crippen molar-refractivity contribution in [3.8, 4) is 11.5 Å². The Morgan fingerprint density at radius 1 is 0.944 bits per heavy atom. The molecule has 0 bridgehead atoms. The standard InChI is InChI=1S/C27H22Cl2N2O5/c1-3-16-6-10-20(11-7-16)31-26(33)21(25(32)30-27(31)34)12-18-13-22(29)24(23(14-18)35-2)36-15-17-4-8-19(28)9-5-17/h4-14H,3,15H2,1-2H3,(H,30,32,34)/b21-12-. The van der Waals surface area contributed by atoms with Gasteiger partial charge in [-0.2, -0.15) is 0 Å². The summed E-state index contributed by atoms with van der Waals surface area (Å²) in [6, 6.07) is 16.5. The molecule has 4 amide bonds. The number of urea groups is 1. The fourth-order valence-corrected chi connectivity index (χ4v) is 4.04. The molecule has 1 fully saturated rings. The van der Waals surface area contributed by atoms with Crippen molar-refractivity contribution in [1.29, 1.82) is 0 Å². The van der Waals surface area contributed by atoms with Crippen LogP contribution in [0, 0.1) is 0 Å². The Morgan fingerprint density at radius 2 is 1.61 bits per heavy atom. The number of methoxy groups -OCH3 is 1. The van der Waals surface area contributed by atoms with Gasteiger partial charge in [0, 0.05) is 5.02 Å². The van der Waals surface area contributed by atoms with E-state index in [0.717, 1.165) is 22.4 Å². The molecule has 1 aliphatic rings. The van der Waals surface area contributed by atoms with Gasteiger partial charge in [0.2, 0.25) is 0 Å². The van der Waals surface area contributed by atoms with Crippen LogP contribution < -0.4 is 19.7 Å². The summed E-state index contributed by atoms with van der Waals surface area (Å²) >= 11 is 12.4. The van der Waals surface area contributed by atoms with Gasteiger partial charge in [0.1, 0.15) is 12.2 Å². The van der Waals surface area contributed by atoms with Crippen LogP contribution in [0.25, 0.3) is 6.08 Å².